The lowest BCUT2D eigenvalue weighted by atomic mass is 10.3. The predicted molar refractivity (Wildman–Crippen MR) is 94.4 cm³/mol. The van der Waals surface area contributed by atoms with Gasteiger partial charge in [0.1, 0.15) is 4.21 Å². The van der Waals surface area contributed by atoms with E-state index >= 15 is 0 Å². The van der Waals surface area contributed by atoms with Crippen LogP contribution in [0.25, 0.3) is 0 Å². The van der Waals surface area contributed by atoms with Crippen LogP contribution >= 0.6 is 39.5 Å². The highest BCUT2D eigenvalue weighted by atomic mass is 79.9. The summed E-state index contributed by atoms with van der Waals surface area (Å²) in [4.78, 5) is 0.290. The molecule has 0 amide bonds. The molecule has 0 atom stereocenters. The molecule has 0 unspecified atom stereocenters. The second kappa shape index (κ2) is 6.87. The molecular weight excluding hydrogens is 392 g/mol. The monoisotopic (exact) mass is 404 g/mol. The largest absolute Gasteiger partial charge is 0.393 e. The van der Waals surface area contributed by atoms with Crippen molar-refractivity contribution in [3.05, 3.63) is 46.3 Å². The molecule has 0 bridgehead atoms. The van der Waals surface area contributed by atoms with Crippen molar-refractivity contribution in [1.29, 1.82) is 0 Å². The van der Waals surface area contributed by atoms with Crippen molar-refractivity contribution in [3.8, 4) is 0 Å². The minimum absolute atomic E-state index is 0.219. The quantitative estimate of drug-likeness (QED) is 0.749. The van der Waals surface area contributed by atoms with Crippen molar-refractivity contribution in [2.24, 2.45) is 5.73 Å². The third kappa shape index (κ3) is 4.03. The predicted octanol–water partition coefficient (Wildman–Crippen LogP) is 3.38. The highest BCUT2D eigenvalue weighted by Crippen LogP contribution is 2.31. The van der Waals surface area contributed by atoms with Gasteiger partial charge in [0.25, 0.3) is 10.0 Å². The number of anilines is 1. The van der Waals surface area contributed by atoms with Crippen LogP contribution in [-0.4, -0.2) is 20.0 Å². The summed E-state index contributed by atoms with van der Waals surface area (Å²) in [6.45, 7) is 0.219. The Hall–Kier alpha value is -0.960. The summed E-state index contributed by atoms with van der Waals surface area (Å²) in [5, 5.41) is 0. The zero-order valence-corrected chi connectivity index (χ0v) is 14.9. The van der Waals surface area contributed by atoms with Gasteiger partial charge in [0.15, 0.2) is 0 Å². The molecule has 21 heavy (non-hydrogen) atoms. The van der Waals surface area contributed by atoms with Gasteiger partial charge in [-0.25, -0.2) is 8.42 Å². The van der Waals surface area contributed by atoms with Crippen LogP contribution in [0.15, 0.2) is 50.5 Å². The number of halogens is 1. The first-order valence-electron chi connectivity index (χ1n) is 6.02. The second-order valence-corrected chi connectivity index (χ2v) is 9.26. The Kier molecular flexibility index (Phi) is 5.37. The Balaban J connectivity index is 2.41. The summed E-state index contributed by atoms with van der Waals surface area (Å²) in [5.41, 5.74) is 6.11. The summed E-state index contributed by atoms with van der Waals surface area (Å²) in [6.07, 6.45) is 0.329. The fourth-order valence-corrected chi connectivity index (χ4v) is 5.42. The Bertz CT molecular complexity index is 729. The molecular formula is C13H13BrN2O2S3. The van der Waals surface area contributed by atoms with Crippen molar-refractivity contribution in [1.82, 2.24) is 0 Å². The van der Waals surface area contributed by atoms with Gasteiger partial charge in [-0.2, -0.15) is 0 Å². The number of thiocarbonyl (C=S) groups is 1. The minimum Gasteiger partial charge on any atom is -0.393 e. The number of hydrogen-bond donors (Lipinski definition) is 1. The topological polar surface area (TPSA) is 63.4 Å². The lowest BCUT2D eigenvalue weighted by molar-refractivity contribution is 0.593. The van der Waals surface area contributed by atoms with E-state index < -0.39 is 10.0 Å². The lowest BCUT2D eigenvalue weighted by Crippen LogP contribution is -2.33. The normalized spacial score (nSPS) is 11.3. The molecule has 2 rings (SSSR count). The third-order valence-electron chi connectivity index (χ3n) is 2.70. The molecule has 1 heterocycles. The van der Waals surface area contributed by atoms with E-state index in [-0.39, 0.29) is 10.8 Å². The maximum atomic E-state index is 12.8. The van der Waals surface area contributed by atoms with Crippen LogP contribution in [0.1, 0.15) is 6.42 Å². The summed E-state index contributed by atoms with van der Waals surface area (Å²) in [7, 11) is -3.62. The maximum absolute atomic E-state index is 12.8. The van der Waals surface area contributed by atoms with Crippen molar-refractivity contribution in [2.45, 2.75) is 10.6 Å². The molecule has 4 nitrogen and oxygen atoms in total. The van der Waals surface area contributed by atoms with Crippen molar-refractivity contribution in [3.63, 3.8) is 0 Å². The lowest BCUT2D eigenvalue weighted by Gasteiger charge is -2.23. The summed E-state index contributed by atoms with van der Waals surface area (Å²) in [6, 6.07) is 12.2. The van der Waals surface area contributed by atoms with Crippen molar-refractivity contribution < 1.29 is 8.42 Å². The van der Waals surface area contributed by atoms with Crippen LogP contribution in [0.3, 0.4) is 0 Å². The number of rotatable bonds is 6. The minimum atomic E-state index is -3.62. The molecule has 0 aliphatic rings. The van der Waals surface area contributed by atoms with Crippen molar-refractivity contribution >= 4 is 60.2 Å². The van der Waals surface area contributed by atoms with E-state index in [0.29, 0.717) is 17.1 Å². The number of nitrogens with zero attached hydrogens (tertiary/aromatic N) is 1. The highest BCUT2D eigenvalue weighted by Gasteiger charge is 2.26. The third-order valence-corrected chi connectivity index (χ3v) is 6.82. The van der Waals surface area contributed by atoms with Crippen LogP contribution in [0.2, 0.25) is 0 Å². The molecule has 0 aliphatic carbocycles. The van der Waals surface area contributed by atoms with E-state index in [2.05, 4.69) is 15.9 Å². The first kappa shape index (κ1) is 16.4. The molecule has 8 heteroatoms. The first-order valence-corrected chi connectivity index (χ1v) is 9.48. The van der Waals surface area contributed by atoms with E-state index in [1.165, 1.54) is 15.6 Å². The SMILES string of the molecule is NC(=S)CCN(c1ccccc1)S(=O)(=O)c1ccc(Br)s1. The molecule has 1 aromatic carbocycles. The summed E-state index contributed by atoms with van der Waals surface area (Å²) >= 11 is 9.32. The zero-order valence-electron chi connectivity index (χ0n) is 10.9. The van der Waals surface area contributed by atoms with Gasteiger partial charge >= 0.3 is 0 Å². The van der Waals surface area contributed by atoms with Gasteiger partial charge in [-0.3, -0.25) is 4.31 Å². The number of nitrogens with two attached hydrogens (primary N) is 1. The fourth-order valence-electron chi connectivity index (χ4n) is 1.74. The Morgan fingerprint density at radius 3 is 2.43 bits per heavy atom. The van der Waals surface area contributed by atoms with Gasteiger partial charge in [0.2, 0.25) is 0 Å². The van der Waals surface area contributed by atoms with E-state index in [0.717, 1.165) is 3.79 Å². The Morgan fingerprint density at radius 1 is 1.24 bits per heavy atom. The summed E-state index contributed by atoms with van der Waals surface area (Å²) < 4.78 is 28.0. The van der Waals surface area contributed by atoms with Gasteiger partial charge in [0.05, 0.1) is 14.5 Å². The van der Waals surface area contributed by atoms with E-state index in [9.17, 15) is 8.42 Å². The fraction of sp³-hybridized carbons (Fsp3) is 0.154. The number of para-hydroxylation sites is 1. The van der Waals surface area contributed by atoms with Crippen LogP contribution in [0.5, 0.6) is 0 Å². The van der Waals surface area contributed by atoms with Gasteiger partial charge < -0.3 is 5.73 Å². The molecule has 0 saturated carbocycles. The van der Waals surface area contributed by atoms with E-state index in [1.54, 1.807) is 36.4 Å². The summed E-state index contributed by atoms with van der Waals surface area (Å²) in [5.74, 6) is 0. The van der Waals surface area contributed by atoms with Gasteiger partial charge in [-0.15, -0.1) is 11.3 Å². The molecule has 1 aromatic heterocycles. The van der Waals surface area contributed by atoms with Crippen LogP contribution in [-0.2, 0) is 10.0 Å². The molecule has 112 valence electrons. The Labute approximate surface area is 141 Å². The average Bonchev–Trinajstić information content (AvgIpc) is 2.87. The van der Waals surface area contributed by atoms with E-state index in [1.807, 2.05) is 6.07 Å². The van der Waals surface area contributed by atoms with Gasteiger partial charge in [-0.1, -0.05) is 30.4 Å². The molecule has 0 aliphatic heterocycles. The number of hydrogen-bond acceptors (Lipinski definition) is 4. The molecule has 0 spiro atoms. The average molecular weight is 405 g/mol. The molecule has 0 fully saturated rings. The smallest absolute Gasteiger partial charge is 0.273 e. The van der Waals surface area contributed by atoms with Gasteiger partial charge in [-0.05, 0) is 40.2 Å². The molecule has 0 radical (unpaired) electrons. The maximum Gasteiger partial charge on any atom is 0.273 e. The molecule has 2 N–H and O–H groups in total. The second-order valence-electron chi connectivity index (χ2n) is 4.19. The Morgan fingerprint density at radius 2 is 1.90 bits per heavy atom. The first-order chi connectivity index (χ1) is 9.91. The van der Waals surface area contributed by atoms with Gasteiger partial charge in [0, 0.05) is 13.0 Å². The number of thiophene rings is 1. The van der Waals surface area contributed by atoms with Crippen molar-refractivity contribution in [2.75, 3.05) is 10.8 Å². The number of benzene rings is 1. The standard InChI is InChI=1S/C13H13BrN2O2S3/c14-11-6-7-13(20-11)21(17,18)16(9-8-12(15)19)10-4-2-1-3-5-10/h1-7H,8-9H2,(H2,15,19). The van der Waals surface area contributed by atoms with Crippen LogP contribution in [0, 0.1) is 0 Å². The zero-order chi connectivity index (χ0) is 15.5. The molecule has 0 saturated heterocycles. The molecule has 2 aromatic rings. The van der Waals surface area contributed by atoms with Crippen LogP contribution in [0.4, 0.5) is 5.69 Å². The number of sulfonamides is 1. The van der Waals surface area contributed by atoms with E-state index in [4.69, 9.17) is 18.0 Å². The highest BCUT2D eigenvalue weighted by molar-refractivity contribution is 9.11. The van der Waals surface area contributed by atoms with Crippen LogP contribution < -0.4 is 10.0 Å².